The van der Waals surface area contributed by atoms with Gasteiger partial charge in [0.25, 0.3) is 0 Å². The maximum Gasteiger partial charge on any atom is 0.182 e. The Morgan fingerprint density at radius 2 is 2.12 bits per heavy atom. The minimum absolute atomic E-state index is 0.0845. The summed E-state index contributed by atoms with van der Waals surface area (Å²) in [5, 5.41) is 3.02. The highest BCUT2D eigenvalue weighted by atomic mass is 16.5. The van der Waals surface area contributed by atoms with Gasteiger partial charge in [-0.1, -0.05) is 12.1 Å². The van der Waals surface area contributed by atoms with Crippen LogP contribution in [0.1, 0.15) is 37.0 Å². The van der Waals surface area contributed by atoms with Crippen molar-refractivity contribution < 1.29 is 9.53 Å². The van der Waals surface area contributed by atoms with Gasteiger partial charge in [-0.3, -0.25) is 4.79 Å². The monoisotopic (exact) mass is 233 g/mol. The fraction of sp³-hybridized carbons (Fsp3) is 0.500. The first-order chi connectivity index (χ1) is 8.03. The molecular formula is C14H19NO2. The van der Waals surface area contributed by atoms with Gasteiger partial charge in [-0.2, -0.15) is 0 Å². The zero-order valence-electron chi connectivity index (χ0n) is 10.6. The number of hydrogen-bond donors (Lipinski definition) is 1. The molecule has 92 valence electrons. The molecule has 1 aromatic carbocycles. The molecule has 1 fully saturated rings. The van der Waals surface area contributed by atoms with E-state index in [2.05, 4.69) is 5.32 Å². The lowest BCUT2D eigenvalue weighted by molar-refractivity contribution is 0.0889. The maximum absolute atomic E-state index is 12.2. The van der Waals surface area contributed by atoms with Crippen molar-refractivity contribution in [3.05, 3.63) is 29.8 Å². The average molecular weight is 233 g/mol. The molecule has 0 radical (unpaired) electrons. The Morgan fingerprint density at radius 1 is 1.41 bits per heavy atom. The van der Waals surface area contributed by atoms with Crippen LogP contribution in [0.15, 0.2) is 24.3 Å². The van der Waals surface area contributed by atoms with Crippen molar-refractivity contribution in [1.29, 1.82) is 0 Å². The molecule has 0 aromatic heterocycles. The van der Waals surface area contributed by atoms with Gasteiger partial charge in [0.05, 0.1) is 11.6 Å². The third kappa shape index (κ3) is 2.86. The third-order valence-corrected chi connectivity index (χ3v) is 3.12. The van der Waals surface area contributed by atoms with Gasteiger partial charge in [-0.15, -0.1) is 0 Å². The van der Waals surface area contributed by atoms with Gasteiger partial charge in [-0.05, 0) is 45.9 Å². The van der Waals surface area contributed by atoms with Gasteiger partial charge in [-0.25, -0.2) is 0 Å². The lowest BCUT2D eigenvalue weighted by Gasteiger charge is -2.22. The summed E-state index contributed by atoms with van der Waals surface area (Å²) in [4.78, 5) is 12.2. The van der Waals surface area contributed by atoms with E-state index in [-0.39, 0.29) is 5.78 Å². The van der Waals surface area contributed by atoms with Crippen LogP contribution < -0.4 is 10.1 Å². The molecule has 0 amide bonds. The molecular weight excluding hydrogens is 214 g/mol. The van der Waals surface area contributed by atoms with Crippen molar-refractivity contribution in [2.75, 3.05) is 7.05 Å². The van der Waals surface area contributed by atoms with E-state index < -0.39 is 5.54 Å². The molecule has 1 aromatic rings. The molecule has 1 aliphatic carbocycles. The second-order valence-corrected chi connectivity index (χ2v) is 5.05. The van der Waals surface area contributed by atoms with Crippen LogP contribution in [-0.2, 0) is 0 Å². The molecule has 0 spiro atoms. The number of carbonyl (C=O) groups is 1. The zero-order valence-corrected chi connectivity index (χ0v) is 10.6. The van der Waals surface area contributed by atoms with Crippen LogP contribution in [0.5, 0.6) is 5.75 Å². The summed E-state index contributed by atoms with van der Waals surface area (Å²) in [5.74, 6) is 0.881. The van der Waals surface area contributed by atoms with Crippen molar-refractivity contribution in [2.24, 2.45) is 0 Å². The molecule has 2 rings (SSSR count). The van der Waals surface area contributed by atoms with Gasteiger partial charge in [0.2, 0.25) is 0 Å². The van der Waals surface area contributed by atoms with Gasteiger partial charge in [0.1, 0.15) is 5.75 Å². The molecule has 17 heavy (non-hydrogen) atoms. The van der Waals surface area contributed by atoms with E-state index in [4.69, 9.17) is 4.74 Å². The number of ether oxygens (including phenoxy) is 1. The Hall–Kier alpha value is -1.35. The standard InChI is InChI=1S/C14H19NO2/c1-14(2,15-3)13(16)10-5-4-6-12(9-10)17-11-7-8-11/h4-6,9,11,15H,7-8H2,1-3H3. The summed E-state index contributed by atoms with van der Waals surface area (Å²) < 4.78 is 5.69. The smallest absolute Gasteiger partial charge is 0.182 e. The quantitative estimate of drug-likeness (QED) is 0.794. The van der Waals surface area contributed by atoms with E-state index >= 15 is 0 Å². The Kier molecular flexibility index (Phi) is 3.20. The van der Waals surface area contributed by atoms with Crippen molar-refractivity contribution >= 4 is 5.78 Å². The van der Waals surface area contributed by atoms with Gasteiger partial charge in [0.15, 0.2) is 5.78 Å². The van der Waals surface area contributed by atoms with E-state index in [1.54, 1.807) is 7.05 Å². The third-order valence-electron chi connectivity index (χ3n) is 3.12. The van der Waals surface area contributed by atoms with Crippen LogP contribution in [0.2, 0.25) is 0 Å². The van der Waals surface area contributed by atoms with Gasteiger partial charge < -0.3 is 10.1 Å². The molecule has 0 heterocycles. The van der Waals surface area contributed by atoms with Gasteiger partial charge >= 0.3 is 0 Å². The summed E-state index contributed by atoms with van der Waals surface area (Å²) in [6.07, 6.45) is 2.61. The SMILES string of the molecule is CNC(C)(C)C(=O)c1cccc(OC2CC2)c1. The Labute approximate surface area is 102 Å². The fourth-order valence-corrected chi connectivity index (χ4v) is 1.56. The number of hydrogen-bond acceptors (Lipinski definition) is 3. The van der Waals surface area contributed by atoms with E-state index in [0.29, 0.717) is 11.7 Å². The Bertz CT molecular complexity index is 422. The molecule has 0 unspecified atom stereocenters. The minimum Gasteiger partial charge on any atom is -0.490 e. The minimum atomic E-state index is -0.543. The Balaban J connectivity index is 2.17. The summed E-state index contributed by atoms with van der Waals surface area (Å²) in [6.45, 7) is 3.76. The second kappa shape index (κ2) is 4.49. The second-order valence-electron chi connectivity index (χ2n) is 5.05. The van der Waals surface area contributed by atoms with Crippen LogP contribution in [0, 0.1) is 0 Å². The van der Waals surface area contributed by atoms with Crippen molar-refractivity contribution in [3.63, 3.8) is 0 Å². The first-order valence-electron chi connectivity index (χ1n) is 6.03. The first kappa shape index (κ1) is 12.1. The lowest BCUT2D eigenvalue weighted by atomic mass is 9.93. The number of benzene rings is 1. The summed E-state index contributed by atoms with van der Waals surface area (Å²) >= 11 is 0. The molecule has 0 atom stereocenters. The van der Waals surface area contributed by atoms with E-state index in [1.807, 2.05) is 38.1 Å². The van der Waals surface area contributed by atoms with E-state index in [9.17, 15) is 4.79 Å². The Morgan fingerprint density at radius 3 is 2.71 bits per heavy atom. The molecule has 0 aliphatic heterocycles. The van der Waals surface area contributed by atoms with Crippen LogP contribution >= 0.6 is 0 Å². The van der Waals surface area contributed by atoms with Crippen molar-refractivity contribution in [2.45, 2.75) is 38.3 Å². The van der Waals surface area contributed by atoms with E-state index in [1.165, 1.54) is 0 Å². The van der Waals surface area contributed by atoms with Crippen molar-refractivity contribution in [1.82, 2.24) is 5.32 Å². The van der Waals surface area contributed by atoms with Crippen molar-refractivity contribution in [3.8, 4) is 5.75 Å². The molecule has 1 saturated carbocycles. The normalized spacial score (nSPS) is 15.7. The van der Waals surface area contributed by atoms with Crippen LogP contribution in [-0.4, -0.2) is 24.5 Å². The molecule has 0 bridgehead atoms. The number of likely N-dealkylation sites (N-methyl/N-ethyl adjacent to an activating group) is 1. The molecule has 0 saturated heterocycles. The highest BCUT2D eigenvalue weighted by Crippen LogP contribution is 2.27. The number of nitrogens with one attached hydrogen (secondary N) is 1. The highest BCUT2D eigenvalue weighted by molar-refractivity contribution is 6.02. The van der Waals surface area contributed by atoms with E-state index in [0.717, 1.165) is 18.6 Å². The van der Waals surface area contributed by atoms with Crippen LogP contribution in [0.3, 0.4) is 0 Å². The predicted octanol–water partition coefficient (Wildman–Crippen LogP) is 2.41. The summed E-state index contributed by atoms with van der Waals surface area (Å²) in [7, 11) is 1.79. The molecule has 3 heteroatoms. The lowest BCUT2D eigenvalue weighted by Crippen LogP contribution is -2.44. The molecule has 1 N–H and O–H groups in total. The van der Waals surface area contributed by atoms with Crippen LogP contribution in [0.4, 0.5) is 0 Å². The summed E-state index contributed by atoms with van der Waals surface area (Å²) in [5.41, 5.74) is 0.153. The number of Topliss-reactive ketones (excluding diaryl/α,β-unsaturated/α-hetero) is 1. The number of ketones is 1. The average Bonchev–Trinajstić information content (AvgIpc) is 3.12. The molecule has 3 nitrogen and oxygen atoms in total. The topological polar surface area (TPSA) is 38.3 Å². The first-order valence-corrected chi connectivity index (χ1v) is 6.03. The highest BCUT2D eigenvalue weighted by Gasteiger charge is 2.27. The fourth-order valence-electron chi connectivity index (χ4n) is 1.56. The van der Waals surface area contributed by atoms with Gasteiger partial charge in [0, 0.05) is 5.56 Å². The number of carbonyl (C=O) groups excluding carboxylic acids is 1. The number of rotatable bonds is 5. The van der Waals surface area contributed by atoms with Crippen LogP contribution in [0.25, 0.3) is 0 Å². The molecule has 1 aliphatic rings. The largest absolute Gasteiger partial charge is 0.490 e. The predicted molar refractivity (Wildman–Crippen MR) is 67.6 cm³/mol. The zero-order chi connectivity index (χ0) is 12.5. The maximum atomic E-state index is 12.2. The summed E-state index contributed by atoms with van der Waals surface area (Å²) in [6, 6.07) is 7.44.